The lowest BCUT2D eigenvalue weighted by molar-refractivity contribution is -0.134. The second-order valence-corrected chi connectivity index (χ2v) is 13.7. The van der Waals surface area contributed by atoms with Gasteiger partial charge in [-0.15, -0.1) is 0 Å². The summed E-state index contributed by atoms with van der Waals surface area (Å²) in [7, 11) is 3.84. The van der Waals surface area contributed by atoms with E-state index in [0.29, 0.717) is 52.4 Å². The minimum absolute atomic E-state index is 0.0319. The Bertz CT molecular complexity index is 1750. The molecule has 8 rings (SSSR count). The SMILES string of the molecule is CC.CN(Cc1ccc2c(c1)OCO2)C1CCC(=O)CC1=O.CNCc1ccc2c(c1)OCO2.NCc1ccc2c(c1)OCO2.O=C1CCC(Br)C(=O)C1. The van der Waals surface area contributed by atoms with E-state index in [4.69, 9.17) is 34.2 Å². The molecule has 0 spiro atoms. The lowest BCUT2D eigenvalue weighted by Gasteiger charge is -2.29. The van der Waals surface area contributed by atoms with Crippen molar-refractivity contribution in [3.05, 3.63) is 71.3 Å². The molecule has 292 valence electrons. The summed E-state index contributed by atoms with van der Waals surface area (Å²) in [4.78, 5) is 46.4. The number of hydrogen-bond acceptors (Lipinski definition) is 13. The molecule has 3 aromatic rings. The maximum Gasteiger partial charge on any atom is 0.231 e. The lowest BCUT2D eigenvalue weighted by atomic mass is 9.92. The molecule has 13 nitrogen and oxygen atoms in total. The van der Waals surface area contributed by atoms with Gasteiger partial charge in [-0.05, 0) is 80.0 Å². The first kappa shape index (κ1) is 42.2. The number of nitrogens with two attached hydrogens (primary N) is 1. The van der Waals surface area contributed by atoms with E-state index in [1.165, 1.54) is 5.56 Å². The molecule has 0 bridgehead atoms. The number of Topliss-reactive ketones (excluding diaryl/α,β-unsaturated/α-hetero) is 4. The van der Waals surface area contributed by atoms with Crippen LogP contribution in [-0.2, 0) is 38.8 Å². The first-order chi connectivity index (χ1) is 26.1. The number of ketones is 4. The van der Waals surface area contributed by atoms with Gasteiger partial charge >= 0.3 is 0 Å². The van der Waals surface area contributed by atoms with Crippen LogP contribution in [0, 0.1) is 0 Å². The summed E-state index contributed by atoms with van der Waals surface area (Å²) in [6.07, 6.45) is 2.58. The molecule has 3 aromatic carbocycles. The Kier molecular flexibility index (Phi) is 16.7. The standard InChI is InChI=1S/C15H17NO4.C9H11NO2.C8H9NO2.C6H7BrO2.C2H6/c1-16(12-4-3-11(17)7-13(12)18)8-10-2-5-14-15(6-10)20-9-19-14;1-10-5-7-2-3-8-9(4-7)12-6-11-8;9-4-6-1-2-7-8(3-6)11-5-10-7;7-5-2-1-4(8)3-6(5)9;1-2/h2,5-6,12H,3-4,7-9H2,1H3;2-4,10H,5-6H2,1H3;1-3H,4-5,9H2;5H,1-3H2;1-2H3. The fourth-order valence-electron chi connectivity index (χ4n) is 5.93. The number of hydrogen-bond donors (Lipinski definition) is 2. The molecule has 2 unspecified atom stereocenters. The molecule has 14 heteroatoms. The van der Waals surface area contributed by atoms with Crippen molar-refractivity contribution in [2.75, 3.05) is 34.5 Å². The van der Waals surface area contributed by atoms with Crippen molar-refractivity contribution in [3.63, 3.8) is 0 Å². The lowest BCUT2D eigenvalue weighted by Crippen LogP contribution is -2.42. The summed E-state index contributed by atoms with van der Waals surface area (Å²) in [5.74, 6) is 5.01. The molecule has 54 heavy (non-hydrogen) atoms. The number of nitrogens with zero attached hydrogens (tertiary/aromatic N) is 1. The molecule has 0 saturated heterocycles. The van der Waals surface area contributed by atoms with E-state index in [-0.39, 0.29) is 53.6 Å². The summed E-state index contributed by atoms with van der Waals surface area (Å²) in [6, 6.07) is 17.3. The molecule has 2 aliphatic carbocycles. The Balaban J connectivity index is 0.000000166. The van der Waals surface area contributed by atoms with Gasteiger partial charge in [-0.1, -0.05) is 48.0 Å². The fraction of sp³-hybridized carbons (Fsp3) is 0.450. The number of nitrogens with one attached hydrogen (secondary N) is 1. The number of fused-ring (bicyclic) bond motifs is 3. The molecule has 2 fully saturated rings. The van der Waals surface area contributed by atoms with Crippen molar-refractivity contribution in [1.82, 2.24) is 10.2 Å². The van der Waals surface area contributed by atoms with Gasteiger partial charge in [-0.3, -0.25) is 24.1 Å². The van der Waals surface area contributed by atoms with Crippen molar-refractivity contribution in [2.45, 2.75) is 82.9 Å². The van der Waals surface area contributed by atoms with E-state index in [1.54, 1.807) is 0 Å². The fourth-order valence-corrected chi connectivity index (χ4v) is 6.32. The van der Waals surface area contributed by atoms with Gasteiger partial charge in [0.15, 0.2) is 46.1 Å². The van der Waals surface area contributed by atoms with Crippen LogP contribution in [0.15, 0.2) is 54.6 Å². The van der Waals surface area contributed by atoms with Crippen molar-refractivity contribution in [2.24, 2.45) is 5.73 Å². The minimum atomic E-state index is -0.155. The highest BCUT2D eigenvalue weighted by Crippen LogP contribution is 2.34. The Hall–Kier alpha value is -4.50. The van der Waals surface area contributed by atoms with Gasteiger partial charge in [-0.25, -0.2) is 0 Å². The third-order valence-electron chi connectivity index (χ3n) is 8.73. The molecule has 0 radical (unpaired) electrons. The van der Waals surface area contributed by atoms with Gasteiger partial charge in [-0.2, -0.15) is 0 Å². The van der Waals surface area contributed by atoms with Gasteiger partial charge in [0.1, 0.15) is 11.6 Å². The Morgan fingerprint density at radius 2 is 1.11 bits per heavy atom. The molecule has 2 saturated carbocycles. The summed E-state index contributed by atoms with van der Waals surface area (Å²) >= 11 is 3.18. The van der Waals surface area contributed by atoms with E-state index in [0.717, 1.165) is 52.2 Å². The largest absolute Gasteiger partial charge is 0.454 e. The monoisotopic (exact) mass is 811 g/mol. The van der Waals surface area contributed by atoms with Gasteiger partial charge in [0, 0.05) is 32.5 Å². The van der Waals surface area contributed by atoms with Crippen LogP contribution in [0.4, 0.5) is 0 Å². The predicted octanol–water partition coefficient (Wildman–Crippen LogP) is 5.64. The molecular weight excluding hydrogens is 762 g/mol. The molecule has 5 aliphatic rings. The van der Waals surface area contributed by atoms with Gasteiger partial charge < -0.3 is 39.5 Å². The number of halogens is 1. The van der Waals surface area contributed by atoms with Crippen LogP contribution in [0.1, 0.15) is 69.1 Å². The van der Waals surface area contributed by atoms with Crippen LogP contribution in [0.3, 0.4) is 0 Å². The highest BCUT2D eigenvalue weighted by atomic mass is 79.9. The first-order valence-electron chi connectivity index (χ1n) is 18.1. The maximum absolute atomic E-state index is 11.9. The van der Waals surface area contributed by atoms with E-state index in [1.807, 2.05) is 87.4 Å². The molecule has 0 aromatic heterocycles. The van der Waals surface area contributed by atoms with E-state index >= 15 is 0 Å². The smallest absolute Gasteiger partial charge is 0.231 e. The van der Waals surface area contributed by atoms with Gasteiger partial charge in [0.2, 0.25) is 20.4 Å². The Morgan fingerprint density at radius 3 is 1.59 bits per heavy atom. The zero-order valence-electron chi connectivity index (χ0n) is 31.3. The topological polar surface area (TPSA) is 165 Å². The number of likely N-dealkylation sites (N-methyl/N-ethyl adjacent to an activating group) is 1. The summed E-state index contributed by atoms with van der Waals surface area (Å²) in [5, 5.41) is 3.08. The van der Waals surface area contributed by atoms with Crippen molar-refractivity contribution < 1.29 is 47.6 Å². The summed E-state index contributed by atoms with van der Waals surface area (Å²) in [6.45, 7) is 6.98. The highest BCUT2D eigenvalue weighted by Gasteiger charge is 2.30. The second-order valence-electron chi connectivity index (χ2n) is 12.6. The third-order valence-corrected chi connectivity index (χ3v) is 9.70. The second kappa shape index (κ2) is 21.4. The molecular formula is C40H50BrN3O10. The van der Waals surface area contributed by atoms with Crippen molar-refractivity contribution >= 4 is 39.1 Å². The minimum Gasteiger partial charge on any atom is -0.454 e. The van der Waals surface area contributed by atoms with Crippen molar-refractivity contribution in [3.8, 4) is 34.5 Å². The number of carbonyl (C=O) groups is 4. The molecule has 3 N–H and O–H groups in total. The van der Waals surface area contributed by atoms with Crippen LogP contribution in [0.25, 0.3) is 0 Å². The first-order valence-corrected chi connectivity index (χ1v) is 19.0. The van der Waals surface area contributed by atoms with E-state index in [9.17, 15) is 19.2 Å². The predicted molar refractivity (Wildman–Crippen MR) is 205 cm³/mol. The molecule has 3 aliphatic heterocycles. The van der Waals surface area contributed by atoms with E-state index in [2.05, 4.69) is 21.2 Å². The van der Waals surface area contributed by atoms with Crippen molar-refractivity contribution in [1.29, 1.82) is 0 Å². The number of alkyl halides is 1. The molecule has 2 atom stereocenters. The number of ether oxygens (including phenoxy) is 6. The highest BCUT2D eigenvalue weighted by molar-refractivity contribution is 9.10. The normalized spacial score (nSPS) is 18.6. The van der Waals surface area contributed by atoms with Crippen LogP contribution in [0.5, 0.6) is 34.5 Å². The van der Waals surface area contributed by atoms with Crippen LogP contribution >= 0.6 is 15.9 Å². The zero-order valence-corrected chi connectivity index (χ0v) is 32.9. The van der Waals surface area contributed by atoms with Crippen LogP contribution in [0.2, 0.25) is 0 Å². The number of carbonyl (C=O) groups excluding carboxylic acids is 4. The Morgan fingerprint density at radius 1 is 0.667 bits per heavy atom. The number of benzene rings is 3. The van der Waals surface area contributed by atoms with Gasteiger partial charge in [0.05, 0.1) is 23.7 Å². The summed E-state index contributed by atoms with van der Waals surface area (Å²) in [5.41, 5.74) is 8.79. The average molecular weight is 813 g/mol. The Labute approximate surface area is 324 Å². The van der Waals surface area contributed by atoms with Gasteiger partial charge in [0.25, 0.3) is 0 Å². The maximum atomic E-state index is 11.9. The average Bonchev–Trinajstić information content (AvgIpc) is 3.96. The zero-order chi connectivity index (χ0) is 39.0. The quantitative estimate of drug-likeness (QED) is 0.232. The summed E-state index contributed by atoms with van der Waals surface area (Å²) < 4.78 is 31.3. The molecule has 3 heterocycles. The third kappa shape index (κ3) is 12.3. The van der Waals surface area contributed by atoms with Crippen LogP contribution < -0.4 is 39.5 Å². The molecule has 0 amide bonds. The van der Waals surface area contributed by atoms with Crippen LogP contribution in [-0.4, -0.2) is 73.4 Å². The number of rotatable bonds is 6. The van der Waals surface area contributed by atoms with E-state index < -0.39 is 0 Å².